The van der Waals surface area contributed by atoms with Gasteiger partial charge < -0.3 is 16.0 Å². The van der Waals surface area contributed by atoms with Crippen LogP contribution in [0.2, 0.25) is 0 Å². The van der Waals surface area contributed by atoms with Crippen LogP contribution in [0.5, 0.6) is 0 Å². The molecule has 0 unspecified atom stereocenters. The number of carbonyl (C=O) groups excluding carboxylic acids is 2. The van der Waals surface area contributed by atoms with E-state index in [4.69, 9.17) is 5.73 Å². The molecule has 1 saturated heterocycles. The second-order valence-electron chi connectivity index (χ2n) is 5.18. The third-order valence-corrected chi connectivity index (χ3v) is 3.64. The minimum absolute atomic E-state index is 0.0784. The number of hydrogen-bond donors (Lipinski definition) is 2. The van der Waals surface area contributed by atoms with E-state index in [1.54, 1.807) is 0 Å². The number of carbonyl (C=O) groups is 2. The summed E-state index contributed by atoms with van der Waals surface area (Å²) in [5.41, 5.74) is 5.75. The number of nitro benzene ring substituents is 1. The number of amides is 2. The van der Waals surface area contributed by atoms with Crippen LogP contribution in [0.25, 0.3) is 0 Å². The minimum atomic E-state index is -0.744. The van der Waals surface area contributed by atoms with E-state index in [2.05, 4.69) is 10.2 Å². The predicted molar refractivity (Wildman–Crippen MR) is 83.8 cm³/mol. The van der Waals surface area contributed by atoms with Gasteiger partial charge >= 0.3 is 11.8 Å². The standard InChI is InChI=1S/C14H19N5O4/c15-5-6-17-7-9-18(10-8-17)14(21)13(20)16-11-1-3-12(4-2-11)19(22)23/h1-4H,5-10,15H2,(H,16,20). The van der Waals surface area contributed by atoms with Gasteiger partial charge in [0.2, 0.25) is 0 Å². The first kappa shape index (κ1) is 16.8. The highest BCUT2D eigenvalue weighted by molar-refractivity contribution is 6.39. The SMILES string of the molecule is NCCN1CCN(C(=O)C(=O)Nc2ccc([N+](=O)[O-])cc2)CC1. The van der Waals surface area contributed by atoms with E-state index < -0.39 is 16.7 Å². The Morgan fingerprint density at radius 3 is 2.30 bits per heavy atom. The molecule has 2 amide bonds. The first-order valence-corrected chi connectivity index (χ1v) is 7.28. The van der Waals surface area contributed by atoms with E-state index in [1.807, 2.05) is 0 Å². The molecule has 1 heterocycles. The second-order valence-corrected chi connectivity index (χ2v) is 5.18. The number of benzene rings is 1. The van der Waals surface area contributed by atoms with Crippen LogP contribution < -0.4 is 11.1 Å². The number of non-ortho nitro benzene ring substituents is 1. The lowest BCUT2D eigenvalue weighted by Crippen LogP contribution is -2.52. The Labute approximate surface area is 133 Å². The van der Waals surface area contributed by atoms with Crippen molar-refractivity contribution in [2.75, 3.05) is 44.6 Å². The van der Waals surface area contributed by atoms with Crippen molar-refractivity contribution in [2.45, 2.75) is 0 Å². The Hall–Kier alpha value is -2.52. The Balaban J connectivity index is 1.88. The van der Waals surface area contributed by atoms with Crippen molar-refractivity contribution in [3.05, 3.63) is 34.4 Å². The van der Waals surface area contributed by atoms with Crippen LogP contribution in [0, 0.1) is 10.1 Å². The number of nitrogens with two attached hydrogens (primary N) is 1. The molecule has 0 aromatic heterocycles. The monoisotopic (exact) mass is 321 g/mol. The highest BCUT2D eigenvalue weighted by Gasteiger charge is 2.25. The average Bonchev–Trinajstić information content (AvgIpc) is 2.55. The van der Waals surface area contributed by atoms with Crippen molar-refractivity contribution >= 4 is 23.2 Å². The van der Waals surface area contributed by atoms with Gasteiger partial charge in [-0.2, -0.15) is 0 Å². The number of nitro groups is 1. The molecule has 23 heavy (non-hydrogen) atoms. The zero-order valence-corrected chi connectivity index (χ0v) is 12.6. The molecule has 1 aromatic rings. The Morgan fingerprint density at radius 2 is 1.78 bits per heavy atom. The van der Waals surface area contributed by atoms with Gasteiger partial charge in [0.15, 0.2) is 0 Å². The Kier molecular flexibility index (Phi) is 5.61. The van der Waals surface area contributed by atoms with E-state index in [-0.39, 0.29) is 5.69 Å². The molecule has 1 aromatic carbocycles. The number of nitrogens with zero attached hydrogens (tertiary/aromatic N) is 3. The summed E-state index contributed by atoms with van der Waals surface area (Å²) in [6.45, 7) is 3.67. The summed E-state index contributed by atoms with van der Waals surface area (Å²) >= 11 is 0. The maximum absolute atomic E-state index is 12.1. The fourth-order valence-electron chi connectivity index (χ4n) is 2.35. The largest absolute Gasteiger partial charge is 0.332 e. The molecule has 124 valence electrons. The smallest absolute Gasteiger partial charge is 0.313 e. The van der Waals surface area contributed by atoms with Gasteiger partial charge in [0.05, 0.1) is 4.92 Å². The topological polar surface area (TPSA) is 122 Å². The van der Waals surface area contributed by atoms with Gasteiger partial charge in [-0.25, -0.2) is 0 Å². The van der Waals surface area contributed by atoms with Crippen molar-refractivity contribution < 1.29 is 14.5 Å². The van der Waals surface area contributed by atoms with E-state index in [0.29, 0.717) is 38.4 Å². The molecule has 0 radical (unpaired) electrons. The van der Waals surface area contributed by atoms with Gasteiger partial charge in [-0.05, 0) is 12.1 Å². The summed E-state index contributed by atoms with van der Waals surface area (Å²) in [5, 5.41) is 13.0. The van der Waals surface area contributed by atoms with Gasteiger partial charge in [-0.3, -0.25) is 24.6 Å². The molecule has 0 spiro atoms. The van der Waals surface area contributed by atoms with Gasteiger partial charge in [-0.15, -0.1) is 0 Å². The van der Waals surface area contributed by atoms with Crippen LogP contribution >= 0.6 is 0 Å². The maximum Gasteiger partial charge on any atom is 0.313 e. The summed E-state index contributed by atoms with van der Waals surface area (Å²) < 4.78 is 0. The van der Waals surface area contributed by atoms with Crippen molar-refractivity contribution in [3.8, 4) is 0 Å². The zero-order valence-electron chi connectivity index (χ0n) is 12.6. The lowest BCUT2D eigenvalue weighted by atomic mass is 10.2. The summed E-state index contributed by atoms with van der Waals surface area (Å²) in [6.07, 6.45) is 0. The molecule has 0 aliphatic carbocycles. The fourth-order valence-corrected chi connectivity index (χ4v) is 2.35. The summed E-state index contributed by atoms with van der Waals surface area (Å²) in [6, 6.07) is 5.32. The maximum atomic E-state index is 12.1. The lowest BCUT2D eigenvalue weighted by molar-refractivity contribution is -0.384. The van der Waals surface area contributed by atoms with Gasteiger partial charge in [0.1, 0.15) is 0 Å². The lowest BCUT2D eigenvalue weighted by Gasteiger charge is -2.34. The van der Waals surface area contributed by atoms with Crippen LogP contribution in [0.15, 0.2) is 24.3 Å². The second kappa shape index (κ2) is 7.65. The van der Waals surface area contributed by atoms with Crippen LogP contribution in [-0.4, -0.2) is 65.8 Å². The minimum Gasteiger partial charge on any atom is -0.332 e. The van der Waals surface area contributed by atoms with E-state index in [1.165, 1.54) is 29.2 Å². The number of anilines is 1. The van der Waals surface area contributed by atoms with E-state index in [9.17, 15) is 19.7 Å². The molecule has 1 aliphatic rings. The quantitative estimate of drug-likeness (QED) is 0.443. The molecule has 0 atom stereocenters. The average molecular weight is 321 g/mol. The zero-order chi connectivity index (χ0) is 16.8. The van der Waals surface area contributed by atoms with Crippen LogP contribution in [-0.2, 0) is 9.59 Å². The molecular formula is C14H19N5O4. The predicted octanol–water partition coefficient (Wildman–Crippen LogP) is -0.364. The number of nitrogens with one attached hydrogen (secondary N) is 1. The van der Waals surface area contributed by atoms with Crippen LogP contribution in [0.4, 0.5) is 11.4 Å². The molecule has 2 rings (SSSR count). The summed E-state index contributed by atoms with van der Waals surface area (Å²) in [4.78, 5) is 37.7. The molecule has 0 saturated carbocycles. The highest BCUT2D eigenvalue weighted by atomic mass is 16.6. The van der Waals surface area contributed by atoms with Crippen molar-refractivity contribution in [3.63, 3.8) is 0 Å². The highest BCUT2D eigenvalue weighted by Crippen LogP contribution is 2.15. The van der Waals surface area contributed by atoms with E-state index in [0.717, 1.165) is 6.54 Å². The third kappa shape index (κ3) is 4.47. The summed E-state index contributed by atoms with van der Waals surface area (Å²) in [5.74, 6) is -1.35. The number of rotatable bonds is 4. The third-order valence-electron chi connectivity index (χ3n) is 3.64. The van der Waals surface area contributed by atoms with E-state index >= 15 is 0 Å². The fraction of sp³-hybridized carbons (Fsp3) is 0.429. The van der Waals surface area contributed by atoms with Crippen LogP contribution in [0.3, 0.4) is 0 Å². The van der Waals surface area contributed by atoms with Gasteiger partial charge in [0, 0.05) is 57.1 Å². The Bertz CT molecular complexity index is 581. The van der Waals surface area contributed by atoms with Crippen molar-refractivity contribution in [1.82, 2.24) is 9.80 Å². The van der Waals surface area contributed by atoms with Crippen molar-refractivity contribution in [1.29, 1.82) is 0 Å². The van der Waals surface area contributed by atoms with Crippen molar-refractivity contribution in [2.24, 2.45) is 5.73 Å². The number of hydrogen-bond acceptors (Lipinski definition) is 6. The van der Waals surface area contributed by atoms with Gasteiger partial charge in [0.25, 0.3) is 5.69 Å². The van der Waals surface area contributed by atoms with Crippen LogP contribution in [0.1, 0.15) is 0 Å². The number of piperazine rings is 1. The normalized spacial score (nSPS) is 15.3. The molecule has 9 heteroatoms. The first-order chi connectivity index (χ1) is 11.0. The molecule has 1 fully saturated rings. The molecule has 9 nitrogen and oxygen atoms in total. The Morgan fingerprint density at radius 1 is 1.17 bits per heavy atom. The molecular weight excluding hydrogens is 302 g/mol. The molecule has 1 aliphatic heterocycles. The first-order valence-electron chi connectivity index (χ1n) is 7.28. The van der Waals surface area contributed by atoms with Gasteiger partial charge in [-0.1, -0.05) is 0 Å². The molecule has 3 N–H and O–H groups in total. The summed E-state index contributed by atoms with van der Waals surface area (Å²) in [7, 11) is 0. The molecule has 0 bridgehead atoms.